The molecule has 2 fully saturated rings. The molecule has 2 saturated heterocycles. The summed E-state index contributed by atoms with van der Waals surface area (Å²) in [6.45, 7) is 1.85. The minimum Gasteiger partial charge on any atom is -0.440 e. The third-order valence-electron chi connectivity index (χ3n) is 4.54. The van der Waals surface area contributed by atoms with Gasteiger partial charge in [-0.3, -0.25) is 19.8 Å². The number of halogens is 2. The average molecular weight is 525 g/mol. The first-order valence-electron chi connectivity index (χ1n) is 8.65. The molecule has 0 spiro atoms. The molecule has 0 atom stereocenters. The van der Waals surface area contributed by atoms with Crippen LogP contribution in [0.3, 0.4) is 0 Å². The van der Waals surface area contributed by atoms with Crippen LogP contribution < -0.4 is 15.1 Å². The molecule has 2 aromatic rings. The number of hydrogen-bond acceptors (Lipinski definition) is 5. The molecule has 0 unspecified atom stereocenters. The second kappa shape index (κ2) is 7.81. The molecule has 0 aliphatic carbocycles. The van der Waals surface area contributed by atoms with Gasteiger partial charge in [0.1, 0.15) is 11.3 Å². The lowest BCUT2D eigenvalue weighted by Gasteiger charge is -2.28. The number of furan rings is 1. The second-order valence-corrected chi connectivity index (χ2v) is 8.59. The highest BCUT2D eigenvalue weighted by molar-refractivity contribution is 9.10. The minimum atomic E-state index is -0.545. The SMILES string of the molecule is O=C1NC(=S)N(c2cccc(Br)c2)C(=O)/C1=C/c1cc(Br)c(N2CCCC2)o1. The Morgan fingerprint density at radius 3 is 2.61 bits per heavy atom. The molecule has 0 saturated carbocycles. The summed E-state index contributed by atoms with van der Waals surface area (Å²) in [4.78, 5) is 28.9. The third kappa shape index (κ3) is 3.66. The van der Waals surface area contributed by atoms with E-state index in [1.165, 1.54) is 11.0 Å². The minimum absolute atomic E-state index is 0.0391. The van der Waals surface area contributed by atoms with E-state index < -0.39 is 11.8 Å². The van der Waals surface area contributed by atoms with Crippen LogP contribution in [0.2, 0.25) is 0 Å². The number of nitrogens with one attached hydrogen (secondary N) is 1. The zero-order chi connectivity index (χ0) is 19.8. The maximum Gasteiger partial charge on any atom is 0.270 e. The van der Waals surface area contributed by atoms with E-state index in [9.17, 15) is 9.59 Å². The standard InChI is InChI=1S/C19H15Br2N3O3S/c20-11-4-3-5-12(8-11)24-17(26)14(16(25)22-19(24)28)9-13-10-15(21)18(27-13)23-6-1-2-7-23/h3-5,8-10H,1-2,6-7H2,(H,22,25,28)/b14-9+. The molecule has 2 aliphatic rings. The van der Waals surface area contributed by atoms with E-state index in [1.807, 2.05) is 6.07 Å². The molecule has 3 heterocycles. The Morgan fingerprint density at radius 2 is 1.89 bits per heavy atom. The lowest BCUT2D eigenvalue weighted by atomic mass is 10.1. The molecule has 1 aromatic carbocycles. The number of amides is 2. The molecule has 1 N–H and O–H groups in total. The summed E-state index contributed by atoms with van der Waals surface area (Å²) >= 11 is 12.1. The maximum absolute atomic E-state index is 13.0. The molecule has 0 radical (unpaired) electrons. The highest BCUT2D eigenvalue weighted by Gasteiger charge is 2.35. The van der Waals surface area contributed by atoms with E-state index in [-0.39, 0.29) is 10.7 Å². The first-order chi connectivity index (χ1) is 13.4. The predicted molar refractivity (Wildman–Crippen MR) is 118 cm³/mol. The van der Waals surface area contributed by atoms with Crippen LogP contribution in [0.15, 0.2) is 49.3 Å². The molecule has 1 aromatic heterocycles. The van der Waals surface area contributed by atoms with Gasteiger partial charge in [0.05, 0.1) is 10.2 Å². The highest BCUT2D eigenvalue weighted by atomic mass is 79.9. The van der Waals surface area contributed by atoms with Crippen molar-refractivity contribution in [2.75, 3.05) is 22.9 Å². The fraction of sp³-hybridized carbons (Fsp3) is 0.211. The Kier molecular flexibility index (Phi) is 5.39. The van der Waals surface area contributed by atoms with Crippen molar-refractivity contribution in [1.82, 2.24) is 5.32 Å². The fourth-order valence-corrected chi connectivity index (χ4v) is 4.46. The molecular weight excluding hydrogens is 510 g/mol. The molecular formula is C19H15Br2N3O3S. The van der Waals surface area contributed by atoms with Gasteiger partial charge in [-0.25, -0.2) is 0 Å². The molecule has 9 heteroatoms. The summed E-state index contributed by atoms with van der Waals surface area (Å²) in [5.41, 5.74) is 0.524. The molecule has 6 nitrogen and oxygen atoms in total. The third-order valence-corrected chi connectivity index (χ3v) is 5.88. The van der Waals surface area contributed by atoms with Gasteiger partial charge in [-0.15, -0.1) is 0 Å². The van der Waals surface area contributed by atoms with Crippen molar-refractivity contribution in [2.24, 2.45) is 0 Å². The van der Waals surface area contributed by atoms with Crippen LogP contribution in [-0.2, 0) is 9.59 Å². The summed E-state index contributed by atoms with van der Waals surface area (Å²) in [5.74, 6) is 0.0975. The van der Waals surface area contributed by atoms with Gasteiger partial charge in [0, 0.05) is 23.6 Å². The first kappa shape index (κ1) is 19.4. The van der Waals surface area contributed by atoms with Crippen LogP contribution in [0.25, 0.3) is 6.08 Å². The van der Waals surface area contributed by atoms with Crippen LogP contribution in [-0.4, -0.2) is 30.0 Å². The predicted octanol–water partition coefficient (Wildman–Crippen LogP) is 4.24. The van der Waals surface area contributed by atoms with Gasteiger partial charge in [0.15, 0.2) is 5.11 Å². The largest absolute Gasteiger partial charge is 0.440 e. The molecule has 0 bridgehead atoms. The van der Waals surface area contributed by atoms with Gasteiger partial charge in [0.25, 0.3) is 11.8 Å². The molecule has 2 amide bonds. The van der Waals surface area contributed by atoms with E-state index in [2.05, 4.69) is 42.1 Å². The fourth-order valence-electron chi connectivity index (χ4n) is 3.23. The lowest BCUT2D eigenvalue weighted by molar-refractivity contribution is -0.122. The number of anilines is 2. The summed E-state index contributed by atoms with van der Waals surface area (Å²) in [5, 5.41) is 2.62. The van der Waals surface area contributed by atoms with Crippen LogP contribution in [0.1, 0.15) is 18.6 Å². The van der Waals surface area contributed by atoms with Gasteiger partial charge in [-0.1, -0.05) is 22.0 Å². The zero-order valence-electron chi connectivity index (χ0n) is 14.6. The summed E-state index contributed by atoms with van der Waals surface area (Å²) in [7, 11) is 0. The van der Waals surface area contributed by atoms with Crippen LogP contribution >= 0.6 is 44.1 Å². The Hall–Kier alpha value is -1.97. The smallest absolute Gasteiger partial charge is 0.270 e. The van der Waals surface area contributed by atoms with Crippen molar-refractivity contribution in [2.45, 2.75) is 12.8 Å². The quantitative estimate of drug-likeness (QED) is 0.369. The monoisotopic (exact) mass is 523 g/mol. The van der Waals surface area contributed by atoms with E-state index in [0.717, 1.165) is 34.9 Å². The van der Waals surface area contributed by atoms with Gasteiger partial charge in [-0.2, -0.15) is 0 Å². The molecule has 4 rings (SSSR count). The normalized spacial score (nSPS) is 18.9. The van der Waals surface area contributed by atoms with Crippen LogP contribution in [0.5, 0.6) is 0 Å². The molecule has 28 heavy (non-hydrogen) atoms. The van der Waals surface area contributed by atoms with E-state index >= 15 is 0 Å². The number of benzene rings is 1. The van der Waals surface area contributed by atoms with Crippen molar-refractivity contribution in [3.63, 3.8) is 0 Å². The maximum atomic E-state index is 13.0. The van der Waals surface area contributed by atoms with Gasteiger partial charge in [0.2, 0.25) is 5.88 Å². The van der Waals surface area contributed by atoms with Crippen molar-refractivity contribution >= 4 is 78.7 Å². The van der Waals surface area contributed by atoms with Crippen molar-refractivity contribution in [3.8, 4) is 0 Å². The highest BCUT2D eigenvalue weighted by Crippen LogP contribution is 2.34. The number of rotatable bonds is 3. The van der Waals surface area contributed by atoms with Crippen molar-refractivity contribution < 1.29 is 14.0 Å². The summed E-state index contributed by atoms with van der Waals surface area (Å²) in [6.07, 6.45) is 3.68. The summed E-state index contributed by atoms with van der Waals surface area (Å²) in [6, 6.07) is 8.91. The van der Waals surface area contributed by atoms with Crippen molar-refractivity contribution in [1.29, 1.82) is 0 Å². The van der Waals surface area contributed by atoms with Crippen LogP contribution in [0.4, 0.5) is 11.6 Å². The topological polar surface area (TPSA) is 65.8 Å². The number of nitrogens with zero attached hydrogens (tertiary/aromatic N) is 2. The number of hydrogen-bond donors (Lipinski definition) is 1. The Bertz CT molecular complexity index is 1010. The Morgan fingerprint density at radius 1 is 1.14 bits per heavy atom. The van der Waals surface area contributed by atoms with Crippen molar-refractivity contribution in [3.05, 3.63) is 50.6 Å². The van der Waals surface area contributed by atoms with Gasteiger partial charge in [-0.05, 0) is 65.3 Å². The van der Waals surface area contributed by atoms with Gasteiger partial charge < -0.3 is 9.32 Å². The Balaban J connectivity index is 1.68. The van der Waals surface area contributed by atoms with E-state index in [0.29, 0.717) is 17.3 Å². The first-order valence-corrected chi connectivity index (χ1v) is 10.6. The zero-order valence-corrected chi connectivity index (χ0v) is 18.6. The average Bonchev–Trinajstić information content (AvgIpc) is 3.28. The molecule has 144 valence electrons. The Labute approximate surface area is 183 Å². The second-order valence-electron chi connectivity index (χ2n) is 6.43. The number of carbonyl (C=O) groups excluding carboxylic acids is 2. The lowest BCUT2D eigenvalue weighted by Crippen LogP contribution is -2.54. The van der Waals surface area contributed by atoms with Gasteiger partial charge >= 0.3 is 0 Å². The van der Waals surface area contributed by atoms with E-state index in [1.54, 1.807) is 24.3 Å². The summed E-state index contributed by atoms with van der Waals surface area (Å²) < 4.78 is 7.49. The number of carbonyl (C=O) groups is 2. The van der Waals surface area contributed by atoms with Crippen LogP contribution in [0, 0.1) is 0 Å². The molecule has 2 aliphatic heterocycles. The number of thiocarbonyl (C=S) groups is 1. The van der Waals surface area contributed by atoms with E-state index in [4.69, 9.17) is 16.6 Å².